The second-order valence-electron chi connectivity index (χ2n) is 7.77. The second kappa shape index (κ2) is 9.96. The highest BCUT2D eigenvalue weighted by molar-refractivity contribution is 7.07. The highest BCUT2D eigenvalue weighted by Crippen LogP contribution is 2.36. The van der Waals surface area contributed by atoms with Crippen LogP contribution >= 0.6 is 11.3 Å². The smallest absolute Gasteiger partial charge is 0.254 e. The van der Waals surface area contributed by atoms with Crippen LogP contribution in [0.25, 0.3) is 0 Å². The topological polar surface area (TPSA) is 51.7 Å². The van der Waals surface area contributed by atoms with E-state index in [-0.39, 0.29) is 11.9 Å². The monoisotopic (exact) mass is 436 g/mol. The number of amides is 1. The van der Waals surface area contributed by atoms with Crippen LogP contribution in [-0.4, -0.2) is 35.5 Å². The van der Waals surface area contributed by atoms with Crippen LogP contribution < -0.4 is 9.47 Å². The Balaban J connectivity index is 1.52. The first-order valence-corrected chi connectivity index (χ1v) is 11.7. The third-order valence-corrected chi connectivity index (χ3v) is 6.60. The standard InChI is InChI=1S/C25H28N2O3S/c1-3-21(18-8-5-4-6-9-18)22-10-7-13-27(22)25(28)19-11-12-23(24(14-19)29-2)30-15-20-16-31-17-26-20/h4-6,8-9,11-12,14,16-17,21-22H,3,7,10,13,15H2,1-2H3/t21-,22-/m0/s1. The highest BCUT2D eigenvalue weighted by Gasteiger charge is 2.35. The quantitative estimate of drug-likeness (QED) is 0.466. The Hall–Kier alpha value is -2.86. The van der Waals surface area contributed by atoms with Crippen LogP contribution in [0.5, 0.6) is 11.5 Å². The zero-order valence-electron chi connectivity index (χ0n) is 18.0. The zero-order valence-corrected chi connectivity index (χ0v) is 18.8. The van der Waals surface area contributed by atoms with E-state index >= 15 is 0 Å². The molecule has 0 N–H and O–H groups in total. The fourth-order valence-electron chi connectivity index (χ4n) is 4.44. The molecule has 2 heterocycles. The predicted molar refractivity (Wildman–Crippen MR) is 123 cm³/mol. The lowest BCUT2D eigenvalue weighted by Gasteiger charge is -2.32. The Bertz CT molecular complexity index is 991. The van der Waals surface area contributed by atoms with Crippen molar-refractivity contribution in [1.29, 1.82) is 0 Å². The molecule has 0 aliphatic carbocycles. The molecule has 0 radical (unpaired) electrons. The summed E-state index contributed by atoms with van der Waals surface area (Å²) in [6.45, 7) is 3.37. The van der Waals surface area contributed by atoms with Gasteiger partial charge in [0.05, 0.1) is 18.3 Å². The van der Waals surface area contributed by atoms with Crippen molar-refractivity contribution in [3.8, 4) is 11.5 Å². The maximum Gasteiger partial charge on any atom is 0.254 e. The molecule has 162 valence electrons. The van der Waals surface area contributed by atoms with Gasteiger partial charge in [0.15, 0.2) is 11.5 Å². The normalized spacial score (nSPS) is 16.8. The van der Waals surface area contributed by atoms with Crippen molar-refractivity contribution in [1.82, 2.24) is 9.88 Å². The number of hydrogen-bond acceptors (Lipinski definition) is 5. The minimum absolute atomic E-state index is 0.0567. The van der Waals surface area contributed by atoms with Gasteiger partial charge in [0.1, 0.15) is 6.61 Å². The molecule has 1 aliphatic rings. The number of rotatable bonds is 8. The molecular weight excluding hydrogens is 408 g/mol. The lowest BCUT2D eigenvalue weighted by molar-refractivity contribution is 0.0714. The summed E-state index contributed by atoms with van der Waals surface area (Å²) in [5, 5.41) is 1.95. The Morgan fingerprint density at radius 2 is 2.06 bits per heavy atom. The first-order valence-electron chi connectivity index (χ1n) is 10.7. The largest absolute Gasteiger partial charge is 0.493 e. The molecule has 2 atom stereocenters. The molecule has 0 saturated carbocycles. The lowest BCUT2D eigenvalue weighted by atomic mass is 9.87. The van der Waals surface area contributed by atoms with Crippen molar-refractivity contribution in [2.75, 3.05) is 13.7 Å². The van der Waals surface area contributed by atoms with Crippen LogP contribution in [0.1, 0.15) is 53.7 Å². The molecule has 1 aliphatic heterocycles. The molecule has 0 unspecified atom stereocenters. The number of likely N-dealkylation sites (tertiary alicyclic amines) is 1. The van der Waals surface area contributed by atoms with Crippen molar-refractivity contribution in [2.24, 2.45) is 0 Å². The Morgan fingerprint density at radius 1 is 1.23 bits per heavy atom. The van der Waals surface area contributed by atoms with E-state index in [4.69, 9.17) is 9.47 Å². The van der Waals surface area contributed by atoms with Crippen molar-refractivity contribution >= 4 is 17.2 Å². The third-order valence-electron chi connectivity index (χ3n) is 5.96. The molecule has 4 rings (SSSR count). The molecule has 0 spiro atoms. The number of carbonyl (C=O) groups is 1. The van der Waals surface area contributed by atoms with Gasteiger partial charge in [0, 0.05) is 29.4 Å². The van der Waals surface area contributed by atoms with Crippen molar-refractivity contribution in [2.45, 2.75) is 44.8 Å². The van der Waals surface area contributed by atoms with E-state index < -0.39 is 0 Å². The van der Waals surface area contributed by atoms with Gasteiger partial charge in [-0.25, -0.2) is 4.98 Å². The van der Waals surface area contributed by atoms with E-state index in [2.05, 4.69) is 36.2 Å². The number of nitrogens with zero attached hydrogens (tertiary/aromatic N) is 2. The van der Waals surface area contributed by atoms with Crippen molar-refractivity contribution in [3.05, 3.63) is 76.2 Å². The van der Waals surface area contributed by atoms with E-state index in [9.17, 15) is 4.79 Å². The van der Waals surface area contributed by atoms with Crippen LogP contribution in [0.2, 0.25) is 0 Å². The van der Waals surface area contributed by atoms with Crippen LogP contribution in [0.4, 0.5) is 0 Å². The van der Waals surface area contributed by atoms with E-state index in [1.807, 2.05) is 28.5 Å². The number of thiazole rings is 1. The fourth-order valence-corrected chi connectivity index (χ4v) is 4.98. The van der Waals surface area contributed by atoms with E-state index in [0.717, 1.165) is 31.5 Å². The summed E-state index contributed by atoms with van der Waals surface area (Å²) in [6, 6.07) is 16.2. The van der Waals surface area contributed by atoms with Gasteiger partial charge in [-0.2, -0.15) is 0 Å². The number of carbonyl (C=O) groups excluding carboxylic acids is 1. The van der Waals surface area contributed by atoms with E-state index in [1.54, 1.807) is 18.7 Å². The van der Waals surface area contributed by atoms with E-state index in [1.165, 1.54) is 16.9 Å². The average molecular weight is 437 g/mol. The molecule has 1 amide bonds. The molecule has 0 bridgehead atoms. The maximum atomic E-state index is 13.5. The molecule has 1 saturated heterocycles. The molecule has 6 heteroatoms. The number of hydrogen-bond donors (Lipinski definition) is 0. The van der Waals surface area contributed by atoms with Gasteiger partial charge in [0.2, 0.25) is 0 Å². The summed E-state index contributed by atoms with van der Waals surface area (Å²) in [4.78, 5) is 19.7. The Morgan fingerprint density at radius 3 is 2.77 bits per heavy atom. The fraction of sp³-hybridized carbons (Fsp3) is 0.360. The van der Waals surface area contributed by atoms with Gasteiger partial charge in [-0.05, 0) is 43.0 Å². The summed E-state index contributed by atoms with van der Waals surface area (Å²) < 4.78 is 11.4. The summed E-state index contributed by atoms with van der Waals surface area (Å²) in [5.41, 5.74) is 4.59. The van der Waals surface area contributed by atoms with E-state index in [0.29, 0.717) is 29.6 Å². The Kier molecular flexibility index (Phi) is 6.87. The van der Waals surface area contributed by atoms with Gasteiger partial charge in [-0.1, -0.05) is 37.3 Å². The van der Waals surface area contributed by atoms with Crippen LogP contribution in [0, 0.1) is 0 Å². The van der Waals surface area contributed by atoms with Crippen molar-refractivity contribution in [3.63, 3.8) is 0 Å². The zero-order chi connectivity index (χ0) is 21.6. The molecule has 5 nitrogen and oxygen atoms in total. The summed E-state index contributed by atoms with van der Waals surface area (Å²) in [5.74, 6) is 1.57. The van der Waals surface area contributed by atoms with Gasteiger partial charge < -0.3 is 14.4 Å². The molecule has 31 heavy (non-hydrogen) atoms. The Labute approximate surface area is 187 Å². The van der Waals surface area contributed by atoms with Crippen LogP contribution in [0.3, 0.4) is 0 Å². The first kappa shape index (κ1) is 21.4. The van der Waals surface area contributed by atoms with Gasteiger partial charge in [-0.15, -0.1) is 11.3 Å². The van der Waals surface area contributed by atoms with Crippen LogP contribution in [-0.2, 0) is 6.61 Å². The number of ether oxygens (including phenoxy) is 2. The summed E-state index contributed by atoms with van der Waals surface area (Å²) in [7, 11) is 1.60. The van der Waals surface area contributed by atoms with Crippen molar-refractivity contribution < 1.29 is 14.3 Å². The third kappa shape index (κ3) is 4.74. The SMILES string of the molecule is CC[C@@H](c1ccccc1)[C@@H]1CCCN1C(=O)c1ccc(OCc2cscn2)c(OC)c1. The molecular formula is C25H28N2O3S. The second-order valence-corrected chi connectivity index (χ2v) is 8.49. The highest BCUT2D eigenvalue weighted by atomic mass is 32.1. The average Bonchev–Trinajstić information content (AvgIpc) is 3.51. The molecule has 1 fully saturated rings. The first-order chi connectivity index (χ1) is 15.2. The predicted octanol–water partition coefficient (Wildman–Crippen LogP) is 5.53. The number of methoxy groups -OCH3 is 1. The van der Waals surface area contributed by atoms with Gasteiger partial charge >= 0.3 is 0 Å². The molecule has 1 aromatic heterocycles. The van der Waals surface area contributed by atoms with Gasteiger partial charge in [0.25, 0.3) is 5.91 Å². The maximum absolute atomic E-state index is 13.5. The number of aromatic nitrogens is 1. The molecule has 3 aromatic rings. The molecule has 2 aromatic carbocycles. The lowest BCUT2D eigenvalue weighted by Crippen LogP contribution is -2.39. The minimum atomic E-state index is 0.0567. The van der Waals surface area contributed by atoms with Crippen LogP contribution in [0.15, 0.2) is 59.4 Å². The summed E-state index contributed by atoms with van der Waals surface area (Å²) in [6.07, 6.45) is 3.07. The minimum Gasteiger partial charge on any atom is -0.493 e. The van der Waals surface area contributed by atoms with Gasteiger partial charge in [-0.3, -0.25) is 4.79 Å². The summed E-state index contributed by atoms with van der Waals surface area (Å²) >= 11 is 1.54. The number of benzene rings is 2.